The minimum absolute atomic E-state index is 0.142. The third-order valence-electron chi connectivity index (χ3n) is 5.94. The maximum Gasteiger partial charge on any atom is 0.174 e. The minimum Gasteiger partial charge on any atom is -0.495 e. The van der Waals surface area contributed by atoms with Gasteiger partial charge in [-0.15, -0.1) is 0 Å². The molecule has 3 heterocycles. The van der Waals surface area contributed by atoms with Gasteiger partial charge in [0.1, 0.15) is 11.8 Å². The Kier molecular flexibility index (Phi) is 5.79. The Bertz CT molecular complexity index is 1290. The number of benzene rings is 2. The third kappa shape index (κ3) is 3.86. The molecule has 1 saturated heterocycles. The standard InChI is InChI=1S/C26H23ClN4OS/c1-17-11-13-22(30(17)18-8-4-3-5-9-18)25-24(21-10-6-7-15-28-21)29-26(33)31(25)19-12-14-23(32-2)20(27)16-19/h3-16,24-25H,1-2H3,(H,29,33)/t24-,25+/m0/s1. The Hall–Kier alpha value is -3.35. The first-order valence-electron chi connectivity index (χ1n) is 10.7. The molecule has 0 amide bonds. The van der Waals surface area contributed by atoms with Crippen LogP contribution in [0.3, 0.4) is 0 Å². The molecular formula is C26H23ClN4OS. The summed E-state index contributed by atoms with van der Waals surface area (Å²) >= 11 is 12.4. The fraction of sp³-hybridized carbons (Fsp3) is 0.154. The maximum atomic E-state index is 6.50. The number of pyridine rings is 1. The van der Waals surface area contributed by atoms with Crippen molar-refractivity contribution in [2.45, 2.75) is 19.0 Å². The first kappa shape index (κ1) is 21.5. The number of hydrogen-bond donors (Lipinski definition) is 1. The molecule has 0 spiro atoms. The number of rotatable bonds is 5. The molecule has 7 heteroatoms. The van der Waals surface area contributed by atoms with Gasteiger partial charge in [-0.1, -0.05) is 35.9 Å². The monoisotopic (exact) mass is 474 g/mol. The highest BCUT2D eigenvalue weighted by atomic mass is 35.5. The molecule has 1 N–H and O–H groups in total. The minimum atomic E-state index is -0.147. The van der Waals surface area contributed by atoms with E-state index < -0.39 is 0 Å². The summed E-state index contributed by atoms with van der Waals surface area (Å²) in [6.07, 6.45) is 1.81. The quantitative estimate of drug-likeness (QED) is 0.358. The Labute approximate surface area is 203 Å². The summed E-state index contributed by atoms with van der Waals surface area (Å²) in [5.41, 5.74) is 5.15. The third-order valence-corrected chi connectivity index (χ3v) is 6.55. The molecule has 0 aliphatic carbocycles. The summed E-state index contributed by atoms with van der Waals surface area (Å²) in [4.78, 5) is 6.77. The highest BCUT2D eigenvalue weighted by molar-refractivity contribution is 7.80. The molecule has 1 aliphatic heterocycles. The molecule has 2 aromatic heterocycles. The van der Waals surface area contributed by atoms with Crippen molar-refractivity contribution in [3.63, 3.8) is 0 Å². The highest BCUT2D eigenvalue weighted by Gasteiger charge is 2.42. The number of aromatic nitrogens is 2. The molecule has 0 radical (unpaired) electrons. The molecule has 4 aromatic rings. The Morgan fingerprint density at radius 3 is 2.45 bits per heavy atom. The van der Waals surface area contributed by atoms with E-state index >= 15 is 0 Å². The van der Waals surface area contributed by atoms with Gasteiger partial charge < -0.3 is 19.5 Å². The molecule has 0 saturated carbocycles. The van der Waals surface area contributed by atoms with Crippen LogP contribution in [-0.2, 0) is 0 Å². The van der Waals surface area contributed by atoms with Gasteiger partial charge in [-0.3, -0.25) is 4.98 Å². The van der Waals surface area contributed by atoms with Gasteiger partial charge in [0.2, 0.25) is 0 Å². The lowest BCUT2D eigenvalue weighted by Crippen LogP contribution is -2.30. The van der Waals surface area contributed by atoms with E-state index in [0.717, 1.165) is 28.5 Å². The number of anilines is 1. The summed E-state index contributed by atoms with van der Waals surface area (Å²) in [6.45, 7) is 2.11. The summed E-state index contributed by atoms with van der Waals surface area (Å²) < 4.78 is 7.63. The van der Waals surface area contributed by atoms with Gasteiger partial charge >= 0.3 is 0 Å². The molecule has 2 atom stereocenters. The van der Waals surface area contributed by atoms with Crippen LogP contribution in [0.1, 0.15) is 29.2 Å². The van der Waals surface area contributed by atoms with Crippen LogP contribution in [0.4, 0.5) is 5.69 Å². The van der Waals surface area contributed by atoms with Crippen LogP contribution in [0.15, 0.2) is 85.1 Å². The van der Waals surface area contributed by atoms with Crippen LogP contribution in [0.2, 0.25) is 5.02 Å². The van der Waals surface area contributed by atoms with Crippen molar-refractivity contribution in [1.29, 1.82) is 0 Å². The van der Waals surface area contributed by atoms with Crippen molar-refractivity contribution >= 4 is 34.6 Å². The van der Waals surface area contributed by atoms with Gasteiger partial charge in [-0.25, -0.2) is 0 Å². The van der Waals surface area contributed by atoms with Crippen molar-refractivity contribution in [2.24, 2.45) is 0 Å². The Morgan fingerprint density at radius 2 is 1.76 bits per heavy atom. The van der Waals surface area contributed by atoms with Gasteiger partial charge in [0.25, 0.3) is 0 Å². The first-order valence-corrected chi connectivity index (χ1v) is 11.4. The predicted octanol–water partition coefficient (Wildman–Crippen LogP) is 6.02. The Balaban J connectivity index is 1.69. The van der Waals surface area contributed by atoms with E-state index in [4.69, 9.17) is 28.6 Å². The van der Waals surface area contributed by atoms with E-state index in [1.165, 1.54) is 0 Å². The van der Waals surface area contributed by atoms with E-state index in [9.17, 15) is 0 Å². The van der Waals surface area contributed by atoms with Crippen molar-refractivity contribution < 1.29 is 4.74 Å². The second-order valence-corrected chi connectivity index (χ2v) is 8.68. The average Bonchev–Trinajstić information content (AvgIpc) is 3.39. The zero-order valence-electron chi connectivity index (χ0n) is 18.3. The van der Waals surface area contributed by atoms with Gasteiger partial charge in [0, 0.05) is 29.0 Å². The molecule has 1 fully saturated rings. The molecule has 0 unspecified atom stereocenters. The maximum absolute atomic E-state index is 6.50. The van der Waals surface area contributed by atoms with Gasteiger partial charge in [0.05, 0.1) is 23.9 Å². The van der Waals surface area contributed by atoms with Crippen molar-refractivity contribution in [3.8, 4) is 11.4 Å². The van der Waals surface area contributed by atoms with E-state index in [2.05, 4.69) is 51.0 Å². The first-order chi connectivity index (χ1) is 16.1. The smallest absolute Gasteiger partial charge is 0.174 e. The summed E-state index contributed by atoms with van der Waals surface area (Å²) in [7, 11) is 1.61. The number of ether oxygens (including phenoxy) is 1. The summed E-state index contributed by atoms with van der Waals surface area (Å²) in [5, 5.41) is 4.67. The van der Waals surface area contributed by atoms with Crippen LogP contribution in [0.5, 0.6) is 5.75 Å². The SMILES string of the molecule is COc1ccc(N2C(=S)N[C@@H](c3ccccn3)[C@H]2c2ccc(C)n2-c2ccccc2)cc1Cl. The van der Waals surface area contributed by atoms with E-state index in [0.29, 0.717) is 15.9 Å². The molecule has 1 aliphatic rings. The van der Waals surface area contributed by atoms with Crippen molar-refractivity contribution in [3.05, 3.63) is 107 Å². The lowest BCUT2D eigenvalue weighted by molar-refractivity contribution is 0.415. The number of thiocarbonyl (C=S) groups is 1. The lowest BCUT2D eigenvalue weighted by Gasteiger charge is -2.29. The van der Waals surface area contributed by atoms with Crippen molar-refractivity contribution in [1.82, 2.24) is 14.9 Å². The normalized spacial score (nSPS) is 17.8. The van der Waals surface area contributed by atoms with E-state index in [1.54, 1.807) is 7.11 Å². The molecule has 166 valence electrons. The number of para-hydroxylation sites is 1. The fourth-order valence-electron chi connectivity index (χ4n) is 4.46. The fourth-order valence-corrected chi connectivity index (χ4v) is 5.06. The number of halogens is 1. The predicted molar refractivity (Wildman–Crippen MR) is 136 cm³/mol. The molecular weight excluding hydrogens is 452 g/mol. The number of methoxy groups -OCH3 is 1. The number of hydrogen-bond acceptors (Lipinski definition) is 3. The molecule has 33 heavy (non-hydrogen) atoms. The number of nitrogens with one attached hydrogen (secondary N) is 1. The number of nitrogens with zero attached hydrogens (tertiary/aromatic N) is 3. The van der Waals surface area contributed by atoms with Gasteiger partial charge in [-0.05, 0) is 73.7 Å². The molecule has 0 bridgehead atoms. The Morgan fingerprint density at radius 1 is 0.970 bits per heavy atom. The van der Waals surface area contributed by atoms with Crippen molar-refractivity contribution in [2.75, 3.05) is 12.0 Å². The zero-order valence-corrected chi connectivity index (χ0v) is 19.8. The van der Waals surface area contributed by atoms with Gasteiger partial charge in [0.15, 0.2) is 5.11 Å². The topological polar surface area (TPSA) is 42.3 Å². The van der Waals surface area contributed by atoms with Crippen LogP contribution in [0.25, 0.3) is 5.69 Å². The van der Waals surface area contributed by atoms with Crippen LogP contribution < -0.4 is 15.0 Å². The van der Waals surface area contributed by atoms with Crippen LogP contribution in [0, 0.1) is 6.92 Å². The number of aryl methyl sites for hydroxylation is 1. The van der Waals surface area contributed by atoms with Gasteiger partial charge in [-0.2, -0.15) is 0 Å². The van der Waals surface area contributed by atoms with Crippen LogP contribution >= 0.6 is 23.8 Å². The summed E-state index contributed by atoms with van der Waals surface area (Å²) in [6, 6.07) is 26.0. The molecule has 5 rings (SSSR count). The average molecular weight is 475 g/mol. The second-order valence-electron chi connectivity index (χ2n) is 7.89. The van der Waals surface area contributed by atoms with E-state index in [-0.39, 0.29) is 12.1 Å². The molecule has 5 nitrogen and oxygen atoms in total. The summed E-state index contributed by atoms with van der Waals surface area (Å²) in [5.74, 6) is 0.625. The van der Waals surface area contributed by atoms with E-state index in [1.807, 2.05) is 60.8 Å². The van der Waals surface area contributed by atoms with Crippen LogP contribution in [-0.4, -0.2) is 21.8 Å². The zero-order chi connectivity index (χ0) is 22.9. The lowest BCUT2D eigenvalue weighted by atomic mass is 10.0. The molecule has 2 aromatic carbocycles. The largest absolute Gasteiger partial charge is 0.495 e. The second kappa shape index (κ2) is 8.89. The highest BCUT2D eigenvalue weighted by Crippen LogP contribution is 2.44.